The van der Waals surface area contributed by atoms with Gasteiger partial charge in [0.2, 0.25) is 11.8 Å². The molecular weight excluding hydrogens is 462 g/mol. The quantitative estimate of drug-likeness (QED) is 0.330. The van der Waals surface area contributed by atoms with Gasteiger partial charge in [-0.15, -0.1) is 0 Å². The topological polar surface area (TPSA) is 150 Å². The molecule has 0 aliphatic heterocycles. The third-order valence-electron chi connectivity index (χ3n) is 5.36. The Kier molecular flexibility index (Phi) is 11.0. The first-order valence-electron chi connectivity index (χ1n) is 12.0. The molecule has 0 unspecified atom stereocenters. The fraction of sp³-hybridized carbons (Fsp3) is 0.462. The number of amides is 3. The molecule has 10 nitrogen and oxygen atoms in total. The Balaban J connectivity index is 2.24. The fourth-order valence-electron chi connectivity index (χ4n) is 3.65. The number of benzene rings is 1. The van der Waals surface area contributed by atoms with Crippen LogP contribution < -0.4 is 16.0 Å². The molecule has 0 aliphatic rings. The minimum atomic E-state index is -1.14. The van der Waals surface area contributed by atoms with E-state index in [1.807, 2.05) is 58.0 Å². The number of aromatic nitrogens is 2. The second-order valence-electron chi connectivity index (χ2n) is 9.53. The molecule has 3 atom stereocenters. The van der Waals surface area contributed by atoms with Crippen LogP contribution in [0.15, 0.2) is 48.9 Å². The highest BCUT2D eigenvalue weighted by Crippen LogP contribution is 2.10. The summed E-state index contributed by atoms with van der Waals surface area (Å²) in [5.41, 5.74) is 0.855. The zero-order valence-electron chi connectivity index (χ0n) is 21.1. The molecule has 1 aromatic carbocycles. The summed E-state index contributed by atoms with van der Waals surface area (Å²) < 4.78 is 0. The predicted octanol–water partition coefficient (Wildman–Crippen LogP) is 1.96. The normalized spacial score (nSPS) is 13.5. The highest BCUT2D eigenvalue weighted by molar-refractivity contribution is 5.97. The van der Waals surface area contributed by atoms with Gasteiger partial charge < -0.3 is 21.1 Å². The van der Waals surface area contributed by atoms with Gasteiger partial charge in [-0.2, -0.15) is 0 Å². The molecule has 3 amide bonds. The molecule has 1 heterocycles. The first-order valence-corrected chi connectivity index (χ1v) is 12.0. The van der Waals surface area contributed by atoms with E-state index in [1.54, 1.807) is 0 Å². The van der Waals surface area contributed by atoms with Gasteiger partial charge in [-0.05, 0) is 30.2 Å². The maximum absolute atomic E-state index is 13.3. The van der Waals surface area contributed by atoms with E-state index in [4.69, 9.17) is 0 Å². The van der Waals surface area contributed by atoms with Crippen molar-refractivity contribution >= 4 is 23.7 Å². The van der Waals surface area contributed by atoms with Crippen molar-refractivity contribution in [1.29, 1.82) is 0 Å². The Labute approximate surface area is 211 Å². The van der Waals surface area contributed by atoms with Crippen LogP contribution in [-0.4, -0.2) is 56.9 Å². The second-order valence-corrected chi connectivity index (χ2v) is 9.53. The molecule has 0 aliphatic carbocycles. The lowest BCUT2D eigenvalue weighted by atomic mass is 10.00. The number of hydrogen-bond acceptors (Lipinski definition) is 6. The smallest absolute Gasteiger partial charge is 0.326 e. The standard InChI is InChI=1S/C26H35N5O5/c1-16(2)12-19(29-25(34)22-15-27-10-11-28-22)23(32)30-20(14-18-8-6-5-7-9-18)24(33)31-21(26(35)36)13-17(3)4/h5-11,15-17,19-21H,12-14H2,1-4H3,(H,29,34)(H,30,32)(H,31,33)(H,35,36)/t19-,20-,21-/m0/s1. The number of carbonyl (C=O) groups is 4. The third-order valence-corrected chi connectivity index (χ3v) is 5.36. The van der Waals surface area contributed by atoms with Crippen LogP contribution in [-0.2, 0) is 20.8 Å². The van der Waals surface area contributed by atoms with Gasteiger partial charge in [-0.25, -0.2) is 9.78 Å². The van der Waals surface area contributed by atoms with Crippen LogP contribution in [0.3, 0.4) is 0 Å². The molecule has 0 fully saturated rings. The number of hydrogen-bond donors (Lipinski definition) is 4. The van der Waals surface area contributed by atoms with Crippen molar-refractivity contribution in [2.24, 2.45) is 11.8 Å². The Morgan fingerprint density at radius 1 is 0.806 bits per heavy atom. The van der Waals surface area contributed by atoms with Crippen molar-refractivity contribution in [3.05, 3.63) is 60.2 Å². The average molecular weight is 498 g/mol. The summed E-state index contributed by atoms with van der Waals surface area (Å²) >= 11 is 0. The molecule has 10 heteroatoms. The number of carboxylic acid groups (broad SMARTS) is 1. The van der Waals surface area contributed by atoms with E-state index in [2.05, 4.69) is 25.9 Å². The summed E-state index contributed by atoms with van der Waals surface area (Å²) in [5.74, 6) is -2.75. The lowest BCUT2D eigenvalue weighted by Crippen LogP contribution is -2.56. The summed E-state index contributed by atoms with van der Waals surface area (Å²) in [6.07, 6.45) is 4.83. The van der Waals surface area contributed by atoms with E-state index in [0.29, 0.717) is 6.42 Å². The molecule has 1 aromatic heterocycles. The van der Waals surface area contributed by atoms with Crippen LogP contribution in [0.4, 0.5) is 0 Å². The van der Waals surface area contributed by atoms with E-state index < -0.39 is 41.8 Å². The molecule has 0 radical (unpaired) electrons. The largest absolute Gasteiger partial charge is 0.480 e. The molecule has 2 aromatic rings. The molecule has 36 heavy (non-hydrogen) atoms. The lowest BCUT2D eigenvalue weighted by molar-refractivity contribution is -0.142. The summed E-state index contributed by atoms with van der Waals surface area (Å²) in [5, 5.41) is 17.5. The van der Waals surface area contributed by atoms with Crippen LogP contribution in [0.5, 0.6) is 0 Å². The average Bonchev–Trinajstić information content (AvgIpc) is 2.83. The van der Waals surface area contributed by atoms with E-state index in [0.717, 1.165) is 5.56 Å². The number of nitrogens with one attached hydrogen (secondary N) is 3. The first-order chi connectivity index (χ1) is 17.1. The van der Waals surface area contributed by atoms with Crippen molar-refractivity contribution < 1.29 is 24.3 Å². The van der Waals surface area contributed by atoms with Crippen LogP contribution in [0.2, 0.25) is 0 Å². The van der Waals surface area contributed by atoms with Crippen molar-refractivity contribution in [1.82, 2.24) is 25.9 Å². The minimum absolute atomic E-state index is 0.0419. The van der Waals surface area contributed by atoms with Crippen molar-refractivity contribution in [3.8, 4) is 0 Å². The van der Waals surface area contributed by atoms with Crippen LogP contribution in [0.25, 0.3) is 0 Å². The molecule has 4 N–H and O–H groups in total. The molecule has 194 valence electrons. The van der Waals surface area contributed by atoms with Gasteiger partial charge in [0.15, 0.2) is 0 Å². The lowest BCUT2D eigenvalue weighted by Gasteiger charge is -2.25. The monoisotopic (exact) mass is 497 g/mol. The zero-order chi connectivity index (χ0) is 26.7. The Hall–Kier alpha value is -3.82. The van der Waals surface area contributed by atoms with Crippen LogP contribution in [0.1, 0.15) is 56.6 Å². The van der Waals surface area contributed by atoms with Gasteiger partial charge in [0.25, 0.3) is 5.91 Å². The minimum Gasteiger partial charge on any atom is -0.480 e. The molecule has 0 saturated carbocycles. The van der Waals surface area contributed by atoms with E-state index in [1.165, 1.54) is 18.6 Å². The predicted molar refractivity (Wildman–Crippen MR) is 134 cm³/mol. The Bertz CT molecular complexity index is 1010. The van der Waals surface area contributed by atoms with E-state index >= 15 is 0 Å². The van der Waals surface area contributed by atoms with Gasteiger partial charge in [0.1, 0.15) is 23.8 Å². The zero-order valence-corrected chi connectivity index (χ0v) is 21.1. The summed E-state index contributed by atoms with van der Waals surface area (Å²) in [6, 6.07) is 6.03. The van der Waals surface area contributed by atoms with E-state index in [-0.39, 0.29) is 30.4 Å². The summed E-state index contributed by atoms with van der Waals surface area (Å²) in [7, 11) is 0. The summed E-state index contributed by atoms with van der Waals surface area (Å²) in [6.45, 7) is 7.54. The highest BCUT2D eigenvalue weighted by Gasteiger charge is 2.30. The first kappa shape index (κ1) is 28.4. The second kappa shape index (κ2) is 13.9. The molecule has 2 rings (SSSR count). The van der Waals surface area contributed by atoms with Crippen molar-refractivity contribution in [2.75, 3.05) is 0 Å². The van der Waals surface area contributed by atoms with Crippen LogP contribution in [0, 0.1) is 11.8 Å². The van der Waals surface area contributed by atoms with Crippen LogP contribution >= 0.6 is 0 Å². The van der Waals surface area contributed by atoms with Gasteiger partial charge in [0, 0.05) is 18.8 Å². The van der Waals surface area contributed by atoms with Gasteiger partial charge in [-0.3, -0.25) is 19.4 Å². The maximum atomic E-state index is 13.3. The van der Waals surface area contributed by atoms with Gasteiger partial charge >= 0.3 is 5.97 Å². The van der Waals surface area contributed by atoms with Crippen molar-refractivity contribution in [2.45, 2.75) is 65.1 Å². The number of carboxylic acids is 1. The highest BCUT2D eigenvalue weighted by atomic mass is 16.4. The maximum Gasteiger partial charge on any atom is 0.326 e. The van der Waals surface area contributed by atoms with Crippen molar-refractivity contribution in [3.63, 3.8) is 0 Å². The Morgan fingerprint density at radius 3 is 1.94 bits per heavy atom. The SMILES string of the molecule is CC(C)C[C@H](NC(=O)[C@H](Cc1ccccc1)NC(=O)[C@H](CC(C)C)NC(=O)c1cnccn1)C(=O)O. The molecule has 0 saturated heterocycles. The number of aliphatic carboxylic acids is 1. The number of rotatable bonds is 13. The molecular formula is C26H35N5O5. The third kappa shape index (κ3) is 9.44. The number of carbonyl (C=O) groups excluding carboxylic acids is 3. The van der Waals surface area contributed by atoms with Gasteiger partial charge in [0.05, 0.1) is 6.20 Å². The Morgan fingerprint density at radius 2 is 1.39 bits per heavy atom. The summed E-state index contributed by atoms with van der Waals surface area (Å²) in [4.78, 5) is 58.6. The van der Waals surface area contributed by atoms with Gasteiger partial charge in [-0.1, -0.05) is 58.0 Å². The fourth-order valence-corrected chi connectivity index (χ4v) is 3.65. The van der Waals surface area contributed by atoms with E-state index in [9.17, 15) is 24.3 Å². The number of nitrogens with zero attached hydrogens (tertiary/aromatic N) is 2. The molecule has 0 spiro atoms. The molecule has 0 bridgehead atoms.